The topological polar surface area (TPSA) is 62.2 Å². The monoisotopic (exact) mass is 468 g/mol. The molecule has 3 aromatic rings. The summed E-state index contributed by atoms with van der Waals surface area (Å²) in [5.74, 6) is 1.56. The number of allylic oxidation sites excluding steroid dienone is 3. The van der Waals surface area contributed by atoms with Gasteiger partial charge in [0.15, 0.2) is 5.76 Å². The molecular weight excluding hydrogens is 440 g/mol. The van der Waals surface area contributed by atoms with E-state index in [1.165, 1.54) is 5.69 Å². The van der Waals surface area contributed by atoms with Gasteiger partial charge in [0.2, 0.25) is 5.78 Å². The Bertz CT molecular complexity index is 1260. The molecule has 1 fully saturated rings. The zero-order valence-electron chi connectivity index (χ0n) is 19.7. The first kappa shape index (κ1) is 22.7. The number of piperazine rings is 1. The molecule has 35 heavy (non-hydrogen) atoms. The van der Waals surface area contributed by atoms with Crippen molar-refractivity contribution in [1.29, 1.82) is 0 Å². The Kier molecular flexibility index (Phi) is 6.55. The summed E-state index contributed by atoms with van der Waals surface area (Å²) in [6.07, 6.45) is 5.42. The van der Waals surface area contributed by atoms with Crippen LogP contribution < -0.4 is 14.4 Å². The number of hydrogen-bond donors (Lipinski definition) is 1. The highest BCUT2D eigenvalue weighted by molar-refractivity contribution is 6.12. The molecule has 0 aliphatic carbocycles. The van der Waals surface area contributed by atoms with Crippen molar-refractivity contribution < 1.29 is 19.4 Å². The van der Waals surface area contributed by atoms with Crippen LogP contribution in [0.5, 0.6) is 17.2 Å². The minimum absolute atomic E-state index is 0.148. The summed E-state index contributed by atoms with van der Waals surface area (Å²) in [7, 11) is 1.67. The lowest BCUT2D eigenvalue weighted by atomic mass is 10.0. The molecule has 178 valence electrons. The molecular formula is C29H28N2O4. The molecule has 0 bridgehead atoms. The smallest absolute Gasteiger partial charge is 0.231 e. The zero-order chi connectivity index (χ0) is 24.2. The number of phenols is 1. The van der Waals surface area contributed by atoms with Crippen LogP contribution in [0, 0.1) is 0 Å². The number of Topliss-reactive ketones (excluding diaryl/α,β-unsaturated/α-hetero) is 1. The highest BCUT2D eigenvalue weighted by Gasteiger charge is 2.31. The van der Waals surface area contributed by atoms with Crippen LogP contribution >= 0.6 is 0 Å². The third kappa shape index (κ3) is 4.93. The molecule has 0 saturated carbocycles. The summed E-state index contributed by atoms with van der Waals surface area (Å²) >= 11 is 0. The fraction of sp³-hybridized carbons (Fsp3) is 0.207. The van der Waals surface area contributed by atoms with Crippen molar-refractivity contribution in [3.8, 4) is 17.2 Å². The SMILES string of the molecule is COc1ccc(N2CCN(Cc3c(O)ccc4c3O/C(=C\C=C\c3ccccc3)C4=O)CC2)cc1. The summed E-state index contributed by atoms with van der Waals surface area (Å²) < 4.78 is 11.2. The van der Waals surface area contributed by atoms with Crippen molar-refractivity contribution in [3.63, 3.8) is 0 Å². The predicted octanol–water partition coefficient (Wildman–Crippen LogP) is 4.90. The Balaban J connectivity index is 1.27. The summed E-state index contributed by atoms with van der Waals surface area (Å²) in [5, 5.41) is 10.6. The number of carbonyl (C=O) groups is 1. The van der Waals surface area contributed by atoms with E-state index in [0.717, 1.165) is 37.5 Å². The lowest BCUT2D eigenvalue weighted by molar-refractivity contribution is 0.101. The standard InChI is InChI=1S/C29H28N2O4/c1-34-23-12-10-22(11-13-23)31-18-16-30(17-19-31)20-25-26(32)15-14-24-28(33)27(35-29(24)25)9-5-8-21-6-3-2-4-7-21/h2-15,32H,16-20H2,1H3/b8-5+,27-9-. The van der Waals surface area contributed by atoms with E-state index in [9.17, 15) is 9.90 Å². The van der Waals surface area contributed by atoms with Gasteiger partial charge in [-0.15, -0.1) is 0 Å². The lowest BCUT2D eigenvalue weighted by Gasteiger charge is -2.36. The fourth-order valence-corrected chi connectivity index (χ4v) is 4.46. The molecule has 0 aromatic heterocycles. The van der Waals surface area contributed by atoms with Crippen molar-refractivity contribution in [3.05, 3.63) is 101 Å². The van der Waals surface area contributed by atoms with Gasteiger partial charge in [0.1, 0.15) is 17.2 Å². The van der Waals surface area contributed by atoms with Crippen molar-refractivity contribution >= 4 is 17.5 Å². The van der Waals surface area contributed by atoms with Gasteiger partial charge in [-0.1, -0.05) is 42.5 Å². The minimum Gasteiger partial charge on any atom is -0.507 e. The van der Waals surface area contributed by atoms with E-state index in [4.69, 9.17) is 9.47 Å². The van der Waals surface area contributed by atoms with Crippen LogP contribution in [0.15, 0.2) is 84.6 Å². The Morgan fingerprint density at radius 1 is 0.971 bits per heavy atom. The van der Waals surface area contributed by atoms with Gasteiger partial charge >= 0.3 is 0 Å². The Morgan fingerprint density at radius 2 is 1.71 bits per heavy atom. The maximum atomic E-state index is 12.9. The molecule has 0 atom stereocenters. The van der Waals surface area contributed by atoms with Crippen LogP contribution in [0.2, 0.25) is 0 Å². The Hall–Kier alpha value is -4.03. The van der Waals surface area contributed by atoms with Crippen LogP contribution in [0.25, 0.3) is 6.08 Å². The molecule has 0 radical (unpaired) electrons. The number of rotatable bonds is 6. The highest BCUT2D eigenvalue weighted by atomic mass is 16.5. The van der Waals surface area contributed by atoms with E-state index in [-0.39, 0.29) is 17.3 Å². The molecule has 0 amide bonds. The number of methoxy groups -OCH3 is 1. The first-order valence-electron chi connectivity index (χ1n) is 11.7. The second-order valence-corrected chi connectivity index (χ2v) is 8.63. The molecule has 2 aliphatic heterocycles. The number of ether oxygens (including phenoxy) is 2. The average molecular weight is 469 g/mol. The van der Waals surface area contributed by atoms with Crippen molar-refractivity contribution in [2.75, 3.05) is 38.2 Å². The van der Waals surface area contributed by atoms with Crippen LogP contribution in [0.4, 0.5) is 5.69 Å². The highest BCUT2D eigenvalue weighted by Crippen LogP contribution is 2.40. The van der Waals surface area contributed by atoms with E-state index in [2.05, 4.69) is 21.9 Å². The maximum Gasteiger partial charge on any atom is 0.231 e. The van der Waals surface area contributed by atoms with E-state index >= 15 is 0 Å². The van der Waals surface area contributed by atoms with Gasteiger partial charge < -0.3 is 19.5 Å². The third-order valence-electron chi connectivity index (χ3n) is 6.44. The van der Waals surface area contributed by atoms with Crippen molar-refractivity contribution in [1.82, 2.24) is 4.90 Å². The Labute approximate surface area is 205 Å². The second kappa shape index (κ2) is 10.1. The number of benzene rings is 3. The number of hydrogen-bond acceptors (Lipinski definition) is 6. The second-order valence-electron chi connectivity index (χ2n) is 8.63. The first-order chi connectivity index (χ1) is 17.1. The fourth-order valence-electron chi connectivity index (χ4n) is 4.46. The molecule has 1 saturated heterocycles. The largest absolute Gasteiger partial charge is 0.507 e. The average Bonchev–Trinajstić information content (AvgIpc) is 3.22. The molecule has 2 heterocycles. The summed E-state index contributed by atoms with van der Waals surface area (Å²) in [5.41, 5.74) is 3.36. The van der Waals surface area contributed by atoms with E-state index in [1.807, 2.05) is 54.6 Å². The number of ketones is 1. The molecule has 6 heteroatoms. The summed E-state index contributed by atoms with van der Waals surface area (Å²) in [6.45, 7) is 3.94. The van der Waals surface area contributed by atoms with Crippen LogP contribution in [0.3, 0.4) is 0 Å². The Morgan fingerprint density at radius 3 is 2.43 bits per heavy atom. The van der Waals surface area contributed by atoms with E-state index in [0.29, 0.717) is 23.4 Å². The van der Waals surface area contributed by atoms with Gasteiger partial charge in [-0.2, -0.15) is 0 Å². The third-order valence-corrected chi connectivity index (χ3v) is 6.44. The van der Waals surface area contributed by atoms with E-state index < -0.39 is 0 Å². The molecule has 3 aromatic carbocycles. The van der Waals surface area contributed by atoms with Gasteiger partial charge in [0, 0.05) is 38.4 Å². The van der Waals surface area contributed by atoms with Crippen LogP contribution in [-0.4, -0.2) is 49.1 Å². The molecule has 0 unspecified atom stereocenters. The van der Waals surface area contributed by atoms with Gasteiger partial charge in [-0.3, -0.25) is 9.69 Å². The van der Waals surface area contributed by atoms with Gasteiger partial charge in [-0.05, 0) is 48.0 Å². The molecule has 2 aliphatic rings. The van der Waals surface area contributed by atoms with Crippen molar-refractivity contribution in [2.24, 2.45) is 0 Å². The normalized spacial score (nSPS) is 17.1. The minimum atomic E-state index is -0.164. The number of nitrogens with zero attached hydrogens (tertiary/aromatic N) is 2. The molecule has 1 N–H and O–H groups in total. The zero-order valence-corrected chi connectivity index (χ0v) is 19.7. The number of anilines is 1. The summed E-state index contributed by atoms with van der Waals surface area (Å²) in [6, 6.07) is 21.2. The molecule has 0 spiro atoms. The maximum absolute atomic E-state index is 12.9. The van der Waals surface area contributed by atoms with Crippen LogP contribution in [0.1, 0.15) is 21.5 Å². The number of carbonyl (C=O) groups excluding carboxylic acids is 1. The van der Waals surface area contributed by atoms with Gasteiger partial charge in [0.05, 0.1) is 18.2 Å². The number of phenolic OH excluding ortho intramolecular Hbond substituents is 1. The van der Waals surface area contributed by atoms with Gasteiger partial charge in [-0.25, -0.2) is 0 Å². The van der Waals surface area contributed by atoms with Gasteiger partial charge in [0.25, 0.3) is 0 Å². The van der Waals surface area contributed by atoms with E-state index in [1.54, 1.807) is 25.3 Å². The number of fused-ring (bicyclic) bond motifs is 1. The molecule has 5 rings (SSSR count). The van der Waals surface area contributed by atoms with Crippen LogP contribution in [-0.2, 0) is 6.54 Å². The first-order valence-corrected chi connectivity index (χ1v) is 11.7. The lowest BCUT2D eigenvalue weighted by Crippen LogP contribution is -2.46. The predicted molar refractivity (Wildman–Crippen MR) is 137 cm³/mol. The quantitative estimate of drug-likeness (QED) is 0.520. The molecule has 6 nitrogen and oxygen atoms in total. The number of aromatic hydroxyl groups is 1. The summed E-state index contributed by atoms with van der Waals surface area (Å²) in [4.78, 5) is 17.5. The van der Waals surface area contributed by atoms with Crippen molar-refractivity contribution in [2.45, 2.75) is 6.54 Å².